The molecule has 20 heavy (non-hydrogen) atoms. The number of para-hydroxylation sites is 1. The van der Waals surface area contributed by atoms with Crippen molar-refractivity contribution < 1.29 is 14.3 Å². The predicted octanol–water partition coefficient (Wildman–Crippen LogP) is 3.12. The second kappa shape index (κ2) is 7.19. The highest BCUT2D eigenvalue weighted by molar-refractivity contribution is 5.67. The number of hydrogen-bond acceptors (Lipinski definition) is 3. The lowest BCUT2D eigenvalue weighted by molar-refractivity contribution is 0.139. The Morgan fingerprint density at radius 3 is 2.50 bits per heavy atom. The van der Waals surface area contributed by atoms with Crippen LogP contribution in [0.3, 0.4) is 0 Å². The van der Waals surface area contributed by atoms with Crippen LogP contribution in [0.1, 0.15) is 11.1 Å². The van der Waals surface area contributed by atoms with Crippen LogP contribution in [-0.2, 0) is 17.9 Å². The van der Waals surface area contributed by atoms with Crippen molar-refractivity contribution in [2.75, 3.05) is 7.11 Å². The van der Waals surface area contributed by atoms with Crippen molar-refractivity contribution in [1.29, 1.82) is 0 Å². The SMILES string of the molecule is COc1ccccc1CNC(=O)OCc1ccccc1. The van der Waals surface area contributed by atoms with Crippen molar-refractivity contribution >= 4 is 6.09 Å². The van der Waals surface area contributed by atoms with Gasteiger partial charge in [0, 0.05) is 12.1 Å². The molecule has 0 saturated carbocycles. The molecule has 4 nitrogen and oxygen atoms in total. The first-order valence-electron chi connectivity index (χ1n) is 6.36. The normalized spacial score (nSPS) is 9.85. The van der Waals surface area contributed by atoms with E-state index in [2.05, 4.69) is 5.32 Å². The number of benzene rings is 2. The molecule has 0 aromatic heterocycles. The van der Waals surface area contributed by atoms with Crippen molar-refractivity contribution in [1.82, 2.24) is 5.32 Å². The van der Waals surface area contributed by atoms with E-state index in [1.54, 1.807) is 7.11 Å². The van der Waals surface area contributed by atoms with Crippen LogP contribution in [0.25, 0.3) is 0 Å². The second-order valence-corrected chi connectivity index (χ2v) is 4.23. The van der Waals surface area contributed by atoms with Crippen LogP contribution in [0.2, 0.25) is 0 Å². The summed E-state index contributed by atoms with van der Waals surface area (Å²) in [5.74, 6) is 0.746. The number of rotatable bonds is 5. The van der Waals surface area contributed by atoms with Crippen LogP contribution >= 0.6 is 0 Å². The maximum atomic E-state index is 11.6. The largest absolute Gasteiger partial charge is 0.496 e. The van der Waals surface area contributed by atoms with Gasteiger partial charge < -0.3 is 14.8 Å². The number of carbonyl (C=O) groups excluding carboxylic acids is 1. The minimum absolute atomic E-state index is 0.262. The van der Waals surface area contributed by atoms with Crippen molar-refractivity contribution in [3.05, 3.63) is 65.7 Å². The zero-order valence-corrected chi connectivity index (χ0v) is 11.3. The maximum Gasteiger partial charge on any atom is 0.407 e. The highest BCUT2D eigenvalue weighted by atomic mass is 16.5. The molecule has 1 N–H and O–H groups in total. The maximum absolute atomic E-state index is 11.6. The quantitative estimate of drug-likeness (QED) is 0.909. The Kier molecular flexibility index (Phi) is 5.00. The molecule has 2 rings (SSSR count). The van der Waals surface area contributed by atoms with Crippen molar-refractivity contribution in [2.45, 2.75) is 13.2 Å². The lowest BCUT2D eigenvalue weighted by Gasteiger charge is -2.10. The molecule has 4 heteroatoms. The summed E-state index contributed by atoms with van der Waals surface area (Å²) in [6.07, 6.45) is -0.445. The van der Waals surface area contributed by atoms with E-state index >= 15 is 0 Å². The minimum atomic E-state index is -0.445. The number of alkyl carbamates (subject to hydrolysis) is 1. The fourth-order valence-corrected chi connectivity index (χ4v) is 1.79. The van der Waals surface area contributed by atoms with Gasteiger partial charge in [-0.25, -0.2) is 4.79 Å². The average Bonchev–Trinajstić information content (AvgIpc) is 2.52. The summed E-state index contributed by atoms with van der Waals surface area (Å²) in [7, 11) is 1.60. The van der Waals surface area contributed by atoms with Gasteiger partial charge in [-0.1, -0.05) is 48.5 Å². The Morgan fingerprint density at radius 2 is 1.75 bits per heavy atom. The van der Waals surface area contributed by atoms with E-state index in [0.717, 1.165) is 16.9 Å². The van der Waals surface area contributed by atoms with Crippen LogP contribution < -0.4 is 10.1 Å². The molecule has 2 aromatic carbocycles. The Labute approximate surface area is 118 Å². The number of amides is 1. The molecular formula is C16H17NO3. The van der Waals surface area contributed by atoms with E-state index in [1.807, 2.05) is 54.6 Å². The van der Waals surface area contributed by atoms with Gasteiger partial charge in [0.05, 0.1) is 7.11 Å². The zero-order valence-electron chi connectivity index (χ0n) is 11.3. The third kappa shape index (κ3) is 4.02. The molecule has 0 spiro atoms. The molecule has 0 unspecified atom stereocenters. The van der Waals surface area contributed by atoms with Crippen LogP contribution in [-0.4, -0.2) is 13.2 Å². The highest BCUT2D eigenvalue weighted by Crippen LogP contribution is 2.16. The number of methoxy groups -OCH3 is 1. The van der Waals surface area contributed by atoms with E-state index in [1.165, 1.54) is 0 Å². The van der Waals surface area contributed by atoms with E-state index in [9.17, 15) is 4.79 Å². The number of hydrogen-bond donors (Lipinski definition) is 1. The van der Waals surface area contributed by atoms with Gasteiger partial charge in [-0.3, -0.25) is 0 Å². The van der Waals surface area contributed by atoms with E-state index in [4.69, 9.17) is 9.47 Å². The summed E-state index contributed by atoms with van der Waals surface area (Å²) in [6.45, 7) is 0.635. The van der Waals surface area contributed by atoms with Crippen LogP contribution in [0, 0.1) is 0 Å². The minimum Gasteiger partial charge on any atom is -0.496 e. The third-order valence-corrected chi connectivity index (χ3v) is 2.83. The topological polar surface area (TPSA) is 47.6 Å². The van der Waals surface area contributed by atoms with E-state index < -0.39 is 6.09 Å². The summed E-state index contributed by atoms with van der Waals surface area (Å²) in [5, 5.41) is 2.70. The van der Waals surface area contributed by atoms with Gasteiger partial charge in [0.15, 0.2) is 0 Å². The Hall–Kier alpha value is -2.49. The number of ether oxygens (including phenoxy) is 2. The first-order chi connectivity index (χ1) is 9.79. The highest BCUT2D eigenvalue weighted by Gasteiger charge is 2.05. The molecule has 0 heterocycles. The fraction of sp³-hybridized carbons (Fsp3) is 0.188. The lowest BCUT2D eigenvalue weighted by Crippen LogP contribution is -2.23. The zero-order chi connectivity index (χ0) is 14.2. The first kappa shape index (κ1) is 13.9. The Morgan fingerprint density at radius 1 is 1.05 bits per heavy atom. The average molecular weight is 271 g/mol. The van der Waals surface area contributed by atoms with Crippen LogP contribution in [0.5, 0.6) is 5.75 Å². The van der Waals surface area contributed by atoms with Gasteiger partial charge in [0.25, 0.3) is 0 Å². The van der Waals surface area contributed by atoms with Gasteiger partial charge in [-0.2, -0.15) is 0 Å². The molecular weight excluding hydrogens is 254 g/mol. The number of carbonyl (C=O) groups is 1. The molecule has 0 aliphatic rings. The van der Waals surface area contributed by atoms with E-state index in [0.29, 0.717) is 6.54 Å². The van der Waals surface area contributed by atoms with Crippen molar-refractivity contribution in [3.63, 3.8) is 0 Å². The molecule has 2 aromatic rings. The van der Waals surface area contributed by atoms with Gasteiger partial charge in [0.1, 0.15) is 12.4 Å². The first-order valence-corrected chi connectivity index (χ1v) is 6.36. The van der Waals surface area contributed by atoms with Crippen molar-refractivity contribution in [3.8, 4) is 5.75 Å². The summed E-state index contributed by atoms with van der Waals surface area (Å²) < 4.78 is 10.3. The molecule has 104 valence electrons. The van der Waals surface area contributed by atoms with Gasteiger partial charge >= 0.3 is 6.09 Å². The van der Waals surface area contributed by atoms with Crippen molar-refractivity contribution in [2.24, 2.45) is 0 Å². The van der Waals surface area contributed by atoms with E-state index in [-0.39, 0.29) is 6.61 Å². The molecule has 0 fully saturated rings. The summed E-state index contributed by atoms with van der Waals surface area (Å²) >= 11 is 0. The summed E-state index contributed by atoms with van der Waals surface area (Å²) in [6, 6.07) is 17.1. The molecule has 1 amide bonds. The van der Waals surface area contributed by atoms with Crippen LogP contribution in [0.4, 0.5) is 4.79 Å². The predicted molar refractivity (Wildman–Crippen MR) is 76.5 cm³/mol. The van der Waals surface area contributed by atoms with Gasteiger partial charge in [-0.15, -0.1) is 0 Å². The summed E-state index contributed by atoms with van der Waals surface area (Å²) in [5.41, 5.74) is 1.87. The molecule has 0 aliphatic heterocycles. The third-order valence-electron chi connectivity index (χ3n) is 2.83. The van der Waals surface area contributed by atoms with Gasteiger partial charge in [0.2, 0.25) is 0 Å². The summed E-state index contributed by atoms with van der Waals surface area (Å²) in [4.78, 5) is 11.6. The number of nitrogens with one attached hydrogen (secondary N) is 1. The fourth-order valence-electron chi connectivity index (χ4n) is 1.79. The lowest BCUT2D eigenvalue weighted by atomic mass is 10.2. The Balaban J connectivity index is 1.80. The Bertz CT molecular complexity index is 555. The van der Waals surface area contributed by atoms with Crippen LogP contribution in [0.15, 0.2) is 54.6 Å². The smallest absolute Gasteiger partial charge is 0.407 e. The van der Waals surface area contributed by atoms with Gasteiger partial charge in [-0.05, 0) is 11.6 Å². The molecule has 0 bridgehead atoms. The molecule has 0 aliphatic carbocycles. The monoisotopic (exact) mass is 271 g/mol. The standard InChI is InChI=1S/C16H17NO3/c1-19-15-10-6-5-9-14(15)11-17-16(18)20-12-13-7-3-2-4-8-13/h2-10H,11-12H2,1H3,(H,17,18). The molecule has 0 radical (unpaired) electrons. The molecule has 0 atom stereocenters. The molecule has 0 saturated heterocycles. The second-order valence-electron chi connectivity index (χ2n) is 4.23.